The smallest absolute Gasteiger partial charge is 0.269 e. The molecule has 0 saturated heterocycles. The van der Waals surface area contributed by atoms with E-state index in [1.165, 1.54) is 30.3 Å². The summed E-state index contributed by atoms with van der Waals surface area (Å²) in [5, 5.41) is 22.6. The number of carbonyl (C=O) groups excluding carboxylic acids is 1. The number of hydrogen-bond donors (Lipinski definition) is 1. The summed E-state index contributed by atoms with van der Waals surface area (Å²) in [4.78, 5) is 22.5. The number of nitro groups is 1. The number of nitrogens with zero attached hydrogens (tertiary/aromatic N) is 2. The zero-order chi connectivity index (χ0) is 20.6. The number of carbonyl (C=O) groups is 1. The molecule has 0 aliphatic heterocycles. The summed E-state index contributed by atoms with van der Waals surface area (Å²) in [5.41, 5.74) is 0.770. The minimum absolute atomic E-state index is 0.0886. The Balaban J connectivity index is 1.75. The van der Waals surface area contributed by atoms with Crippen molar-refractivity contribution < 1.29 is 14.5 Å². The lowest BCUT2D eigenvalue weighted by Crippen LogP contribution is -2.13. The SMILES string of the molecule is N#C/C(=C\c1cccc(Oc2ccccc2)c1)C(=O)Nc1ccc([N+](=O)[O-])cc1. The van der Waals surface area contributed by atoms with E-state index in [4.69, 9.17) is 4.74 Å². The number of para-hydroxylation sites is 1. The monoisotopic (exact) mass is 385 g/mol. The third kappa shape index (κ3) is 5.28. The molecule has 7 heteroatoms. The number of rotatable bonds is 6. The normalized spacial score (nSPS) is 10.7. The van der Waals surface area contributed by atoms with Crippen LogP contribution < -0.4 is 10.1 Å². The van der Waals surface area contributed by atoms with Crippen molar-refractivity contribution in [3.05, 3.63) is 100 Å². The highest BCUT2D eigenvalue weighted by atomic mass is 16.6. The highest BCUT2D eigenvalue weighted by Crippen LogP contribution is 2.23. The molecular weight excluding hydrogens is 370 g/mol. The van der Waals surface area contributed by atoms with Gasteiger partial charge < -0.3 is 10.1 Å². The van der Waals surface area contributed by atoms with Crippen molar-refractivity contribution in [2.45, 2.75) is 0 Å². The van der Waals surface area contributed by atoms with Crippen molar-refractivity contribution >= 4 is 23.4 Å². The summed E-state index contributed by atoms with van der Waals surface area (Å²) in [6.07, 6.45) is 1.44. The molecule has 0 aliphatic carbocycles. The molecule has 0 saturated carbocycles. The number of hydrogen-bond acceptors (Lipinski definition) is 5. The Morgan fingerprint density at radius 3 is 2.34 bits per heavy atom. The zero-order valence-corrected chi connectivity index (χ0v) is 15.1. The Hall–Kier alpha value is -4.44. The average molecular weight is 385 g/mol. The molecule has 0 spiro atoms. The first-order valence-corrected chi connectivity index (χ1v) is 8.56. The van der Waals surface area contributed by atoms with Gasteiger partial charge in [0.25, 0.3) is 11.6 Å². The van der Waals surface area contributed by atoms with Crippen molar-refractivity contribution in [2.75, 3.05) is 5.32 Å². The Morgan fingerprint density at radius 2 is 1.69 bits per heavy atom. The number of non-ortho nitro benzene ring substituents is 1. The van der Waals surface area contributed by atoms with Crippen LogP contribution in [0.4, 0.5) is 11.4 Å². The van der Waals surface area contributed by atoms with Crippen LogP contribution in [-0.4, -0.2) is 10.8 Å². The molecule has 0 fully saturated rings. The molecule has 0 unspecified atom stereocenters. The number of nitriles is 1. The number of nitrogens with one attached hydrogen (secondary N) is 1. The van der Waals surface area contributed by atoms with Crippen molar-refractivity contribution in [1.82, 2.24) is 0 Å². The van der Waals surface area contributed by atoms with E-state index in [1.807, 2.05) is 36.4 Å². The second kappa shape index (κ2) is 8.97. The van der Waals surface area contributed by atoms with Gasteiger partial charge in [-0.05, 0) is 48.0 Å². The predicted molar refractivity (Wildman–Crippen MR) is 108 cm³/mol. The summed E-state index contributed by atoms with van der Waals surface area (Å²) < 4.78 is 5.75. The zero-order valence-electron chi connectivity index (χ0n) is 15.1. The summed E-state index contributed by atoms with van der Waals surface area (Å²) in [7, 11) is 0. The van der Waals surface area contributed by atoms with Gasteiger partial charge in [-0.1, -0.05) is 30.3 Å². The van der Waals surface area contributed by atoms with Crippen LogP contribution in [0.1, 0.15) is 5.56 Å². The van der Waals surface area contributed by atoms with E-state index in [0.717, 1.165) is 0 Å². The Bertz CT molecular complexity index is 1100. The third-order valence-electron chi connectivity index (χ3n) is 3.85. The lowest BCUT2D eigenvalue weighted by Gasteiger charge is -2.07. The molecule has 0 heterocycles. The van der Waals surface area contributed by atoms with Gasteiger partial charge in [-0.3, -0.25) is 14.9 Å². The molecule has 1 amide bonds. The van der Waals surface area contributed by atoms with Crippen molar-refractivity contribution in [1.29, 1.82) is 5.26 Å². The van der Waals surface area contributed by atoms with Gasteiger partial charge in [0.15, 0.2) is 0 Å². The van der Waals surface area contributed by atoms with E-state index >= 15 is 0 Å². The van der Waals surface area contributed by atoms with Crippen LogP contribution in [0.3, 0.4) is 0 Å². The quantitative estimate of drug-likeness (QED) is 0.280. The number of amides is 1. The van der Waals surface area contributed by atoms with Gasteiger partial charge in [-0.15, -0.1) is 0 Å². The molecular formula is C22H15N3O4. The third-order valence-corrected chi connectivity index (χ3v) is 3.85. The van der Waals surface area contributed by atoms with Crippen LogP contribution in [-0.2, 0) is 4.79 Å². The van der Waals surface area contributed by atoms with E-state index in [0.29, 0.717) is 22.7 Å². The van der Waals surface area contributed by atoms with Crippen molar-refractivity contribution in [3.8, 4) is 17.6 Å². The van der Waals surface area contributed by atoms with E-state index in [9.17, 15) is 20.2 Å². The highest BCUT2D eigenvalue weighted by molar-refractivity contribution is 6.09. The van der Waals surface area contributed by atoms with Gasteiger partial charge >= 0.3 is 0 Å². The number of nitro benzene ring substituents is 1. The molecule has 3 rings (SSSR count). The number of anilines is 1. The van der Waals surface area contributed by atoms with Crippen LogP contribution in [0.5, 0.6) is 11.5 Å². The fraction of sp³-hybridized carbons (Fsp3) is 0. The molecule has 0 aromatic heterocycles. The van der Waals surface area contributed by atoms with Gasteiger partial charge in [-0.25, -0.2) is 0 Å². The lowest BCUT2D eigenvalue weighted by molar-refractivity contribution is -0.384. The fourth-order valence-corrected chi connectivity index (χ4v) is 2.47. The maximum absolute atomic E-state index is 12.4. The first kappa shape index (κ1) is 19.3. The van der Waals surface area contributed by atoms with Crippen LogP contribution in [0.15, 0.2) is 84.4 Å². The lowest BCUT2D eigenvalue weighted by atomic mass is 10.1. The number of benzene rings is 3. The molecule has 1 N–H and O–H groups in total. The van der Waals surface area contributed by atoms with Crippen LogP contribution in [0.25, 0.3) is 6.08 Å². The first-order valence-electron chi connectivity index (χ1n) is 8.56. The van der Waals surface area contributed by atoms with Gasteiger partial charge in [0.05, 0.1) is 4.92 Å². The first-order chi connectivity index (χ1) is 14.0. The van der Waals surface area contributed by atoms with Gasteiger partial charge in [0.1, 0.15) is 23.1 Å². The second-order valence-corrected chi connectivity index (χ2v) is 5.92. The second-order valence-electron chi connectivity index (χ2n) is 5.92. The summed E-state index contributed by atoms with van der Waals surface area (Å²) >= 11 is 0. The maximum atomic E-state index is 12.4. The predicted octanol–water partition coefficient (Wildman–Crippen LogP) is 4.93. The van der Waals surface area contributed by atoms with Crippen molar-refractivity contribution in [3.63, 3.8) is 0 Å². The van der Waals surface area contributed by atoms with E-state index in [1.54, 1.807) is 24.3 Å². The molecule has 0 radical (unpaired) electrons. The average Bonchev–Trinajstić information content (AvgIpc) is 2.73. The highest BCUT2D eigenvalue weighted by Gasteiger charge is 2.11. The molecule has 0 aliphatic rings. The fourth-order valence-electron chi connectivity index (χ4n) is 2.47. The topological polar surface area (TPSA) is 105 Å². The summed E-state index contributed by atoms with van der Waals surface area (Å²) in [5.74, 6) is 0.624. The van der Waals surface area contributed by atoms with Gasteiger partial charge in [0.2, 0.25) is 0 Å². The minimum Gasteiger partial charge on any atom is -0.457 e. The van der Waals surface area contributed by atoms with Crippen LogP contribution in [0, 0.1) is 21.4 Å². The van der Waals surface area contributed by atoms with Crippen LogP contribution >= 0.6 is 0 Å². The molecule has 7 nitrogen and oxygen atoms in total. The maximum Gasteiger partial charge on any atom is 0.269 e. The largest absolute Gasteiger partial charge is 0.457 e. The Morgan fingerprint density at radius 1 is 1.00 bits per heavy atom. The summed E-state index contributed by atoms with van der Waals surface area (Å²) in [6, 6.07) is 23.4. The number of ether oxygens (including phenoxy) is 1. The Kier molecular flexibility index (Phi) is 5.98. The van der Waals surface area contributed by atoms with E-state index < -0.39 is 10.8 Å². The molecule has 0 bridgehead atoms. The Labute approximate surface area is 166 Å². The molecule has 142 valence electrons. The van der Waals surface area contributed by atoms with Gasteiger partial charge in [0, 0.05) is 17.8 Å². The molecule has 3 aromatic carbocycles. The standard InChI is InChI=1S/C22H15N3O4/c23-15-17(22(26)24-18-9-11-19(12-10-18)25(27)28)13-16-5-4-8-21(14-16)29-20-6-2-1-3-7-20/h1-14H,(H,24,26)/b17-13+. The van der Waals surface area contributed by atoms with Crippen molar-refractivity contribution in [2.24, 2.45) is 0 Å². The summed E-state index contributed by atoms with van der Waals surface area (Å²) in [6.45, 7) is 0. The minimum atomic E-state index is -0.615. The molecule has 29 heavy (non-hydrogen) atoms. The van der Waals surface area contributed by atoms with E-state index in [-0.39, 0.29) is 11.3 Å². The van der Waals surface area contributed by atoms with E-state index in [2.05, 4.69) is 5.32 Å². The molecule has 0 atom stereocenters. The van der Waals surface area contributed by atoms with Gasteiger partial charge in [-0.2, -0.15) is 5.26 Å². The van der Waals surface area contributed by atoms with Crippen LogP contribution in [0.2, 0.25) is 0 Å². The molecule has 3 aromatic rings.